The van der Waals surface area contributed by atoms with Crippen LogP contribution in [0.5, 0.6) is 0 Å². The first kappa shape index (κ1) is 9.91. The van der Waals surface area contributed by atoms with Crippen molar-refractivity contribution in [2.75, 3.05) is 7.05 Å². The van der Waals surface area contributed by atoms with E-state index in [4.69, 9.17) is 5.73 Å². The highest BCUT2D eigenvalue weighted by molar-refractivity contribution is 5.92. The number of carbonyl (C=O) groups is 1. The van der Waals surface area contributed by atoms with Crippen LogP contribution in [0.15, 0.2) is 24.8 Å². The molecule has 0 fully saturated rings. The standard InChI is InChI=1S/C8H14N2O/c1-5-7(9)10(4)8(11)6(2)3/h5,7H,1-2,9H2,3-4H3. The second-order valence-electron chi connectivity index (χ2n) is 2.42. The lowest BCUT2D eigenvalue weighted by molar-refractivity contribution is -0.126. The summed E-state index contributed by atoms with van der Waals surface area (Å²) in [6.07, 6.45) is 1.07. The van der Waals surface area contributed by atoms with E-state index in [1.165, 1.54) is 11.0 Å². The van der Waals surface area contributed by atoms with Crippen LogP contribution in [0.3, 0.4) is 0 Å². The second kappa shape index (κ2) is 3.93. The minimum Gasteiger partial charge on any atom is -0.323 e. The van der Waals surface area contributed by atoms with Crippen LogP contribution in [0.25, 0.3) is 0 Å². The third-order valence-electron chi connectivity index (χ3n) is 1.37. The van der Waals surface area contributed by atoms with Gasteiger partial charge in [-0.3, -0.25) is 4.79 Å². The normalized spacial score (nSPS) is 11.9. The Labute approximate surface area is 67.2 Å². The zero-order chi connectivity index (χ0) is 9.02. The Bertz CT molecular complexity index is 187. The van der Waals surface area contributed by atoms with Crippen LogP contribution in [0, 0.1) is 0 Å². The van der Waals surface area contributed by atoms with E-state index in [0.717, 1.165) is 0 Å². The second-order valence-corrected chi connectivity index (χ2v) is 2.42. The summed E-state index contributed by atoms with van der Waals surface area (Å²) < 4.78 is 0. The third kappa shape index (κ3) is 2.55. The van der Waals surface area contributed by atoms with E-state index in [2.05, 4.69) is 13.2 Å². The van der Waals surface area contributed by atoms with Crippen molar-refractivity contribution in [1.82, 2.24) is 4.90 Å². The van der Waals surface area contributed by atoms with Gasteiger partial charge >= 0.3 is 0 Å². The van der Waals surface area contributed by atoms with Gasteiger partial charge in [0.15, 0.2) is 0 Å². The summed E-state index contributed by atoms with van der Waals surface area (Å²) >= 11 is 0. The molecule has 0 aliphatic carbocycles. The summed E-state index contributed by atoms with van der Waals surface area (Å²) in [5.41, 5.74) is 5.98. The molecular weight excluding hydrogens is 140 g/mol. The van der Waals surface area contributed by atoms with Crippen molar-refractivity contribution in [3.05, 3.63) is 24.8 Å². The van der Waals surface area contributed by atoms with Crippen LogP contribution in [-0.4, -0.2) is 24.0 Å². The molecule has 11 heavy (non-hydrogen) atoms. The summed E-state index contributed by atoms with van der Waals surface area (Å²) in [6, 6.07) is 0. The van der Waals surface area contributed by atoms with Crippen molar-refractivity contribution >= 4 is 5.91 Å². The monoisotopic (exact) mass is 154 g/mol. The van der Waals surface area contributed by atoms with E-state index >= 15 is 0 Å². The highest BCUT2D eigenvalue weighted by Gasteiger charge is 2.12. The average molecular weight is 154 g/mol. The van der Waals surface area contributed by atoms with Gasteiger partial charge in [-0.25, -0.2) is 0 Å². The molecule has 0 saturated heterocycles. The topological polar surface area (TPSA) is 46.3 Å². The van der Waals surface area contributed by atoms with Crippen molar-refractivity contribution in [3.8, 4) is 0 Å². The summed E-state index contributed by atoms with van der Waals surface area (Å²) in [5, 5.41) is 0. The van der Waals surface area contributed by atoms with E-state index in [1.807, 2.05) is 0 Å². The van der Waals surface area contributed by atoms with Gasteiger partial charge in [-0.2, -0.15) is 0 Å². The molecule has 1 amide bonds. The molecule has 0 aromatic carbocycles. The number of likely N-dealkylation sites (N-methyl/N-ethyl adjacent to an activating group) is 1. The van der Waals surface area contributed by atoms with Gasteiger partial charge in [0.1, 0.15) is 0 Å². The molecule has 0 heterocycles. The van der Waals surface area contributed by atoms with Crippen molar-refractivity contribution in [2.45, 2.75) is 13.1 Å². The smallest absolute Gasteiger partial charge is 0.250 e. The predicted molar refractivity (Wildman–Crippen MR) is 45.8 cm³/mol. The Hall–Kier alpha value is -1.09. The number of amides is 1. The quantitative estimate of drug-likeness (QED) is 0.365. The molecule has 0 bridgehead atoms. The average Bonchev–Trinajstić information content (AvgIpc) is 2.00. The van der Waals surface area contributed by atoms with E-state index in [9.17, 15) is 4.79 Å². The minimum absolute atomic E-state index is 0.155. The van der Waals surface area contributed by atoms with Gasteiger partial charge in [-0.05, 0) is 6.92 Å². The van der Waals surface area contributed by atoms with Crippen LogP contribution in [0.2, 0.25) is 0 Å². The van der Waals surface area contributed by atoms with Gasteiger partial charge in [0.2, 0.25) is 5.91 Å². The van der Waals surface area contributed by atoms with Crippen molar-refractivity contribution < 1.29 is 4.79 Å². The fraction of sp³-hybridized carbons (Fsp3) is 0.375. The Balaban J connectivity index is 4.24. The van der Waals surface area contributed by atoms with E-state index in [-0.39, 0.29) is 5.91 Å². The van der Waals surface area contributed by atoms with Crippen LogP contribution in [0.1, 0.15) is 6.92 Å². The number of hydrogen-bond donors (Lipinski definition) is 1. The summed E-state index contributed by atoms with van der Waals surface area (Å²) in [4.78, 5) is 12.5. The van der Waals surface area contributed by atoms with Crippen molar-refractivity contribution in [3.63, 3.8) is 0 Å². The SMILES string of the molecule is C=CC(N)N(C)C(=O)C(=C)C. The van der Waals surface area contributed by atoms with Crippen LogP contribution in [-0.2, 0) is 4.79 Å². The fourth-order valence-corrected chi connectivity index (χ4v) is 0.595. The number of nitrogens with two attached hydrogens (primary N) is 1. The first-order valence-corrected chi connectivity index (χ1v) is 3.31. The molecule has 1 atom stereocenters. The van der Waals surface area contributed by atoms with E-state index in [1.54, 1.807) is 14.0 Å². The molecule has 2 N–H and O–H groups in total. The summed E-state index contributed by atoms with van der Waals surface area (Å²) in [6.45, 7) is 8.63. The van der Waals surface area contributed by atoms with Gasteiger partial charge < -0.3 is 10.6 Å². The van der Waals surface area contributed by atoms with E-state index in [0.29, 0.717) is 5.57 Å². The molecule has 0 rings (SSSR count). The minimum atomic E-state index is -0.431. The van der Waals surface area contributed by atoms with Crippen LogP contribution < -0.4 is 5.73 Å². The lowest BCUT2D eigenvalue weighted by Crippen LogP contribution is -2.41. The Kier molecular flexibility index (Phi) is 3.54. The maximum Gasteiger partial charge on any atom is 0.250 e. The van der Waals surface area contributed by atoms with Crippen LogP contribution >= 0.6 is 0 Å². The summed E-state index contributed by atoms with van der Waals surface area (Å²) in [5.74, 6) is -0.155. The molecule has 1 unspecified atom stereocenters. The van der Waals surface area contributed by atoms with Crippen LogP contribution in [0.4, 0.5) is 0 Å². The Morgan fingerprint density at radius 3 is 2.45 bits per heavy atom. The third-order valence-corrected chi connectivity index (χ3v) is 1.37. The largest absolute Gasteiger partial charge is 0.323 e. The molecule has 62 valence electrons. The number of rotatable bonds is 3. The van der Waals surface area contributed by atoms with Crippen molar-refractivity contribution in [1.29, 1.82) is 0 Å². The fourth-order valence-electron chi connectivity index (χ4n) is 0.595. The van der Waals surface area contributed by atoms with Gasteiger partial charge in [0, 0.05) is 12.6 Å². The molecule has 0 saturated carbocycles. The van der Waals surface area contributed by atoms with Crippen molar-refractivity contribution in [2.24, 2.45) is 5.73 Å². The Morgan fingerprint density at radius 2 is 2.18 bits per heavy atom. The van der Waals surface area contributed by atoms with Gasteiger partial charge in [0.25, 0.3) is 0 Å². The molecule has 0 aromatic heterocycles. The molecule has 0 aromatic rings. The number of nitrogens with zero attached hydrogens (tertiary/aromatic N) is 1. The zero-order valence-corrected chi connectivity index (χ0v) is 7.00. The first-order chi connectivity index (χ1) is 5.00. The Morgan fingerprint density at radius 1 is 1.73 bits per heavy atom. The molecule has 0 spiro atoms. The predicted octanol–water partition coefficient (Wildman–Crippen LogP) is 0.492. The zero-order valence-electron chi connectivity index (χ0n) is 7.00. The lowest BCUT2D eigenvalue weighted by Gasteiger charge is -2.21. The molecular formula is C8H14N2O. The maximum absolute atomic E-state index is 11.1. The number of carbonyl (C=O) groups excluding carboxylic acids is 1. The molecule has 0 radical (unpaired) electrons. The van der Waals surface area contributed by atoms with E-state index < -0.39 is 6.17 Å². The number of hydrogen-bond acceptors (Lipinski definition) is 2. The highest BCUT2D eigenvalue weighted by Crippen LogP contribution is 1.98. The first-order valence-electron chi connectivity index (χ1n) is 3.31. The van der Waals surface area contributed by atoms with Gasteiger partial charge in [0.05, 0.1) is 6.17 Å². The molecule has 0 aliphatic heterocycles. The molecule has 3 nitrogen and oxygen atoms in total. The molecule has 3 heteroatoms. The van der Waals surface area contributed by atoms with Gasteiger partial charge in [-0.15, -0.1) is 0 Å². The summed E-state index contributed by atoms with van der Waals surface area (Å²) in [7, 11) is 1.61. The molecule has 0 aliphatic rings. The maximum atomic E-state index is 11.1. The van der Waals surface area contributed by atoms with Gasteiger partial charge in [-0.1, -0.05) is 19.2 Å². The highest BCUT2D eigenvalue weighted by atomic mass is 16.2. The lowest BCUT2D eigenvalue weighted by atomic mass is 10.3.